The second kappa shape index (κ2) is 4.81. The van der Waals surface area contributed by atoms with E-state index < -0.39 is 5.60 Å². The first-order chi connectivity index (χ1) is 7.18. The summed E-state index contributed by atoms with van der Waals surface area (Å²) in [7, 11) is 0. The molecule has 0 heterocycles. The summed E-state index contributed by atoms with van der Waals surface area (Å²) in [6, 6.07) is 0.974. The molecule has 0 aromatic heterocycles. The molecule has 0 amide bonds. The van der Waals surface area contributed by atoms with Crippen molar-refractivity contribution < 1.29 is 5.11 Å². The van der Waals surface area contributed by atoms with Crippen molar-refractivity contribution in [3.63, 3.8) is 0 Å². The monoisotopic (exact) mass is 212 g/mol. The van der Waals surface area contributed by atoms with Crippen LogP contribution in [0.1, 0.15) is 51.4 Å². The summed E-state index contributed by atoms with van der Waals surface area (Å²) in [6.07, 6.45) is 8.96. The highest BCUT2D eigenvalue weighted by Gasteiger charge is 2.32. The summed E-state index contributed by atoms with van der Waals surface area (Å²) in [5.74, 6) is 0. The van der Waals surface area contributed by atoms with Crippen molar-refractivity contribution in [3.05, 3.63) is 0 Å². The van der Waals surface area contributed by atoms with Gasteiger partial charge in [0, 0.05) is 18.6 Å². The molecule has 0 atom stereocenters. The molecule has 2 saturated carbocycles. The highest BCUT2D eigenvalue weighted by Crippen LogP contribution is 2.27. The van der Waals surface area contributed by atoms with Gasteiger partial charge < -0.3 is 16.2 Å². The zero-order valence-electron chi connectivity index (χ0n) is 9.54. The van der Waals surface area contributed by atoms with Gasteiger partial charge in [0.05, 0.1) is 5.60 Å². The Balaban J connectivity index is 1.72. The maximum absolute atomic E-state index is 10.3. The Morgan fingerprint density at radius 1 is 1.13 bits per heavy atom. The average molecular weight is 212 g/mol. The zero-order valence-corrected chi connectivity index (χ0v) is 9.54. The van der Waals surface area contributed by atoms with Crippen LogP contribution in [-0.4, -0.2) is 29.3 Å². The van der Waals surface area contributed by atoms with E-state index in [1.807, 2.05) is 0 Å². The van der Waals surface area contributed by atoms with Gasteiger partial charge in [-0.2, -0.15) is 0 Å². The second-order valence-corrected chi connectivity index (χ2v) is 5.42. The highest BCUT2D eigenvalue weighted by molar-refractivity contribution is 4.90. The van der Waals surface area contributed by atoms with E-state index in [-0.39, 0.29) is 0 Å². The van der Waals surface area contributed by atoms with Gasteiger partial charge in [0.15, 0.2) is 0 Å². The molecule has 2 aliphatic rings. The van der Waals surface area contributed by atoms with Crippen molar-refractivity contribution in [2.45, 2.75) is 69.1 Å². The fourth-order valence-corrected chi connectivity index (χ4v) is 2.82. The van der Waals surface area contributed by atoms with Crippen LogP contribution in [0.2, 0.25) is 0 Å². The fraction of sp³-hybridized carbons (Fsp3) is 1.00. The first-order valence-corrected chi connectivity index (χ1v) is 6.39. The summed E-state index contributed by atoms with van der Waals surface area (Å²) in [5.41, 5.74) is 5.37. The summed E-state index contributed by atoms with van der Waals surface area (Å²) in [5, 5.41) is 13.8. The molecule has 15 heavy (non-hydrogen) atoms. The number of aliphatic hydroxyl groups is 1. The maximum atomic E-state index is 10.3. The summed E-state index contributed by atoms with van der Waals surface area (Å²) < 4.78 is 0. The van der Waals surface area contributed by atoms with Crippen LogP contribution in [0, 0.1) is 0 Å². The third kappa shape index (κ3) is 3.16. The maximum Gasteiger partial charge on any atom is 0.0772 e. The summed E-state index contributed by atoms with van der Waals surface area (Å²) >= 11 is 0. The van der Waals surface area contributed by atoms with Crippen molar-refractivity contribution >= 4 is 0 Å². The Morgan fingerprint density at radius 2 is 1.73 bits per heavy atom. The van der Waals surface area contributed by atoms with Crippen molar-refractivity contribution in [2.75, 3.05) is 6.54 Å². The number of hydrogen-bond acceptors (Lipinski definition) is 3. The lowest BCUT2D eigenvalue weighted by atomic mass is 9.82. The van der Waals surface area contributed by atoms with E-state index in [9.17, 15) is 5.11 Å². The molecule has 0 saturated heterocycles. The quantitative estimate of drug-likeness (QED) is 0.658. The Bertz CT molecular complexity index is 194. The molecule has 88 valence electrons. The van der Waals surface area contributed by atoms with Crippen molar-refractivity contribution in [1.82, 2.24) is 5.32 Å². The van der Waals surface area contributed by atoms with Gasteiger partial charge in [-0.1, -0.05) is 12.8 Å². The molecule has 2 fully saturated rings. The molecular formula is C12H24N2O. The molecule has 3 nitrogen and oxygen atoms in total. The van der Waals surface area contributed by atoms with E-state index >= 15 is 0 Å². The Kier molecular flexibility index (Phi) is 3.65. The van der Waals surface area contributed by atoms with Crippen molar-refractivity contribution in [2.24, 2.45) is 5.73 Å². The molecule has 2 rings (SSSR count). The van der Waals surface area contributed by atoms with Gasteiger partial charge in [-0.15, -0.1) is 0 Å². The minimum absolute atomic E-state index is 0.316. The molecule has 0 aliphatic heterocycles. The topological polar surface area (TPSA) is 58.3 Å². The number of nitrogens with one attached hydrogen (secondary N) is 1. The number of hydrogen-bond donors (Lipinski definition) is 3. The van der Waals surface area contributed by atoms with E-state index in [0.29, 0.717) is 12.1 Å². The van der Waals surface area contributed by atoms with Crippen molar-refractivity contribution in [1.29, 1.82) is 0 Å². The lowest BCUT2D eigenvalue weighted by molar-refractivity contribution is -0.00133. The first-order valence-electron chi connectivity index (χ1n) is 6.39. The van der Waals surface area contributed by atoms with Crippen LogP contribution in [0.15, 0.2) is 0 Å². The standard InChI is InChI=1S/C12H24N2O/c13-10-5-7-12(15,8-6-10)9-14-11-3-1-2-4-11/h10-11,14-15H,1-9,13H2. The van der Waals surface area contributed by atoms with E-state index in [0.717, 1.165) is 32.2 Å². The molecule has 4 N–H and O–H groups in total. The molecule has 0 unspecified atom stereocenters. The normalized spacial score (nSPS) is 38.4. The Labute approximate surface area is 92.4 Å². The van der Waals surface area contributed by atoms with Gasteiger partial charge in [0.1, 0.15) is 0 Å². The zero-order chi connectivity index (χ0) is 10.7. The summed E-state index contributed by atoms with van der Waals surface area (Å²) in [6.45, 7) is 0.768. The molecular weight excluding hydrogens is 188 g/mol. The lowest BCUT2D eigenvalue weighted by Crippen LogP contribution is -2.47. The van der Waals surface area contributed by atoms with Crippen LogP contribution < -0.4 is 11.1 Å². The number of rotatable bonds is 3. The fourth-order valence-electron chi connectivity index (χ4n) is 2.82. The van der Waals surface area contributed by atoms with Gasteiger partial charge >= 0.3 is 0 Å². The molecule has 0 radical (unpaired) electrons. The van der Waals surface area contributed by atoms with Crippen LogP contribution in [0.25, 0.3) is 0 Å². The predicted octanol–water partition coefficient (Wildman–Crippen LogP) is 1.15. The highest BCUT2D eigenvalue weighted by atomic mass is 16.3. The van der Waals surface area contributed by atoms with Crippen molar-refractivity contribution in [3.8, 4) is 0 Å². The van der Waals surface area contributed by atoms with Crippen LogP contribution in [0.4, 0.5) is 0 Å². The lowest BCUT2D eigenvalue weighted by Gasteiger charge is -2.35. The minimum Gasteiger partial charge on any atom is -0.389 e. The third-order valence-electron chi connectivity index (χ3n) is 4.04. The van der Waals surface area contributed by atoms with Crippen LogP contribution in [0.5, 0.6) is 0 Å². The van der Waals surface area contributed by atoms with E-state index in [1.54, 1.807) is 0 Å². The molecule has 3 heteroatoms. The third-order valence-corrected chi connectivity index (χ3v) is 4.04. The van der Waals surface area contributed by atoms with Gasteiger partial charge in [0.25, 0.3) is 0 Å². The number of nitrogens with two attached hydrogens (primary N) is 1. The van der Waals surface area contributed by atoms with Crippen LogP contribution in [0.3, 0.4) is 0 Å². The second-order valence-electron chi connectivity index (χ2n) is 5.42. The Morgan fingerprint density at radius 3 is 2.33 bits per heavy atom. The van der Waals surface area contributed by atoms with Crippen LogP contribution >= 0.6 is 0 Å². The van der Waals surface area contributed by atoms with E-state index in [2.05, 4.69) is 5.32 Å². The van der Waals surface area contributed by atoms with Gasteiger partial charge in [-0.05, 0) is 38.5 Å². The SMILES string of the molecule is NC1CCC(O)(CNC2CCCC2)CC1. The predicted molar refractivity (Wildman–Crippen MR) is 61.7 cm³/mol. The minimum atomic E-state index is -0.474. The molecule has 0 spiro atoms. The van der Waals surface area contributed by atoms with Crippen LogP contribution in [-0.2, 0) is 0 Å². The largest absolute Gasteiger partial charge is 0.389 e. The van der Waals surface area contributed by atoms with Gasteiger partial charge in [0.2, 0.25) is 0 Å². The molecule has 2 aliphatic carbocycles. The Hall–Kier alpha value is -0.120. The van der Waals surface area contributed by atoms with Gasteiger partial charge in [-0.25, -0.2) is 0 Å². The van der Waals surface area contributed by atoms with E-state index in [4.69, 9.17) is 5.73 Å². The molecule has 0 bridgehead atoms. The smallest absolute Gasteiger partial charge is 0.0772 e. The molecule has 0 aromatic carbocycles. The average Bonchev–Trinajstić information content (AvgIpc) is 2.73. The molecule has 0 aromatic rings. The van der Waals surface area contributed by atoms with Gasteiger partial charge in [-0.3, -0.25) is 0 Å². The summed E-state index contributed by atoms with van der Waals surface area (Å²) in [4.78, 5) is 0. The van der Waals surface area contributed by atoms with E-state index in [1.165, 1.54) is 25.7 Å². The first kappa shape index (κ1) is 11.4.